The smallest absolute Gasteiger partial charge is 0.304 e. The molecule has 6 nitrogen and oxygen atoms in total. The average molecular weight is 287 g/mol. The summed E-state index contributed by atoms with van der Waals surface area (Å²) >= 11 is 0. The topological polar surface area (TPSA) is 95.7 Å². The molecule has 0 aliphatic rings. The van der Waals surface area contributed by atoms with E-state index in [0.717, 1.165) is 5.56 Å². The van der Waals surface area contributed by atoms with Crippen molar-refractivity contribution in [3.63, 3.8) is 0 Å². The van der Waals surface area contributed by atoms with Crippen LogP contribution in [0, 0.1) is 13.8 Å². The molecule has 2 aromatic rings. The van der Waals surface area contributed by atoms with Gasteiger partial charge in [0.2, 0.25) is 5.78 Å². The minimum atomic E-state index is -0.697. The van der Waals surface area contributed by atoms with Gasteiger partial charge in [0.05, 0.1) is 0 Å². The van der Waals surface area contributed by atoms with E-state index in [2.05, 4.69) is 15.0 Å². The first kappa shape index (κ1) is 14.9. The average Bonchev–Trinajstić information content (AvgIpc) is 2.35. The van der Waals surface area contributed by atoms with E-state index in [1.165, 1.54) is 0 Å². The Balaban J connectivity index is 2.68. The molecule has 0 amide bonds. The van der Waals surface area contributed by atoms with E-state index in [0.29, 0.717) is 5.69 Å². The maximum atomic E-state index is 12.6. The quantitative estimate of drug-likeness (QED) is 0.835. The Kier molecular flexibility index (Phi) is 3.88. The Morgan fingerprint density at radius 1 is 1.14 bits per heavy atom. The molecule has 0 saturated heterocycles. The van der Waals surface area contributed by atoms with Crippen molar-refractivity contribution < 1.29 is 4.79 Å². The summed E-state index contributed by atoms with van der Waals surface area (Å²) in [5, 5.41) is 0. The van der Waals surface area contributed by atoms with E-state index in [4.69, 9.17) is 0 Å². The largest absolute Gasteiger partial charge is 0.326 e. The second-order valence-corrected chi connectivity index (χ2v) is 5.35. The van der Waals surface area contributed by atoms with Crippen LogP contribution in [0.3, 0.4) is 0 Å². The highest BCUT2D eigenvalue weighted by molar-refractivity contribution is 6.07. The van der Waals surface area contributed by atoms with Gasteiger partial charge in [0, 0.05) is 11.3 Å². The first-order valence-corrected chi connectivity index (χ1v) is 6.66. The van der Waals surface area contributed by atoms with Gasteiger partial charge < -0.3 is 4.98 Å². The van der Waals surface area contributed by atoms with Crippen LogP contribution < -0.4 is 11.2 Å². The van der Waals surface area contributed by atoms with Crippen molar-refractivity contribution in [2.75, 3.05) is 0 Å². The van der Waals surface area contributed by atoms with Crippen molar-refractivity contribution in [1.29, 1.82) is 0 Å². The Bertz CT molecular complexity index is 795. The van der Waals surface area contributed by atoms with Crippen LogP contribution in [0.15, 0.2) is 21.7 Å². The number of pyridine rings is 1. The molecule has 0 spiro atoms. The van der Waals surface area contributed by atoms with Crippen molar-refractivity contribution >= 4 is 5.78 Å². The molecule has 0 bridgehead atoms. The summed E-state index contributed by atoms with van der Waals surface area (Å²) in [6.07, 6.45) is 0. The molecule has 0 fully saturated rings. The number of hydrogen-bond acceptors (Lipinski definition) is 4. The lowest BCUT2D eigenvalue weighted by Gasteiger charge is -2.10. The van der Waals surface area contributed by atoms with Gasteiger partial charge in [-0.25, -0.2) is 9.78 Å². The fourth-order valence-corrected chi connectivity index (χ4v) is 2.31. The third kappa shape index (κ3) is 2.99. The fourth-order valence-electron chi connectivity index (χ4n) is 2.31. The molecule has 0 aliphatic heterocycles. The zero-order valence-electron chi connectivity index (χ0n) is 12.4. The Hall–Kier alpha value is -2.50. The number of rotatable bonds is 3. The van der Waals surface area contributed by atoms with Crippen LogP contribution in [0.1, 0.15) is 52.8 Å². The molecule has 0 radical (unpaired) electrons. The highest BCUT2D eigenvalue weighted by atomic mass is 16.2. The molecule has 0 aliphatic carbocycles. The highest BCUT2D eigenvalue weighted by Crippen LogP contribution is 2.16. The minimum absolute atomic E-state index is 0.0104. The molecule has 2 aromatic heterocycles. The number of aryl methyl sites for hydroxylation is 2. The van der Waals surface area contributed by atoms with Crippen LogP contribution in [-0.4, -0.2) is 20.7 Å². The van der Waals surface area contributed by atoms with Crippen molar-refractivity contribution in [1.82, 2.24) is 15.0 Å². The third-order valence-electron chi connectivity index (χ3n) is 3.11. The zero-order chi connectivity index (χ0) is 15.7. The summed E-state index contributed by atoms with van der Waals surface area (Å²) in [6.45, 7) is 7.21. The van der Waals surface area contributed by atoms with Crippen LogP contribution in [-0.2, 0) is 0 Å². The summed E-state index contributed by atoms with van der Waals surface area (Å²) in [5.74, 6) is -0.649. The van der Waals surface area contributed by atoms with Gasteiger partial charge in [-0.1, -0.05) is 13.8 Å². The van der Waals surface area contributed by atoms with Crippen LogP contribution in [0.4, 0.5) is 0 Å². The zero-order valence-corrected chi connectivity index (χ0v) is 12.4. The second kappa shape index (κ2) is 5.47. The lowest BCUT2D eigenvalue weighted by atomic mass is 9.99. The minimum Gasteiger partial charge on any atom is -0.304 e. The molecule has 2 heterocycles. The van der Waals surface area contributed by atoms with Crippen molar-refractivity contribution in [3.8, 4) is 0 Å². The monoisotopic (exact) mass is 287 g/mol. The third-order valence-corrected chi connectivity index (χ3v) is 3.11. The standard InChI is InChI=1S/C15H17N3O3/c1-7(2)11-12(17-15(21)18-14(11)20)13(19)10-6-8(3)5-9(4)16-10/h5-7H,1-4H3,(H2,17,18,20,21). The van der Waals surface area contributed by atoms with Gasteiger partial charge in [0.15, 0.2) is 0 Å². The Morgan fingerprint density at radius 3 is 2.38 bits per heavy atom. The number of carbonyl (C=O) groups is 1. The van der Waals surface area contributed by atoms with Crippen molar-refractivity contribution in [3.05, 3.63) is 61.2 Å². The maximum Gasteiger partial charge on any atom is 0.326 e. The Labute approximate surface area is 121 Å². The molecule has 2 rings (SSSR count). The number of hydrogen-bond donors (Lipinski definition) is 2. The van der Waals surface area contributed by atoms with Gasteiger partial charge >= 0.3 is 5.69 Å². The van der Waals surface area contributed by atoms with Gasteiger partial charge in [-0.15, -0.1) is 0 Å². The molecule has 110 valence electrons. The van der Waals surface area contributed by atoms with Crippen LogP contribution in [0.2, 0.25) is 0 Å². The van der Waals surface area contributed by atoms with E-state index < -0.39 is 17.0 Å². The van der Waals surface area contributed by atoms with Gasteiger partial charge in [0.25, 0.3) is 5.56 Å². The van der Waals surface area contributed by atoms with Gasteiger partial charge in [-0.05, 0) is 37.5 Å². The molecule has 2 N–H and O–H groups in total. The lowest BCUT2D eigenvalue weighted by molar-refractivity contribution is 0.102. The first-order valence-electron chi connectivity index (χ1n) is 6.66. The van der Waals surface area contributed by atoms with Crippen molar-refractivity contribution in [2.24, 2.45) is 0 Å². The van der Waals surface area contributed by atoms with Crippen LogP contribution >= 0.6 is 0 Å². The van der Waals surface area contributed by atoms with Crippen LogP contribution in [0.25, 0.3) is 0 Å². The number of aromatic nitrogens is 3. The molecular formula is C15H17N3O3. The Morgan fingerprint density at radius 2 is 1.81 bits per heavy atom. The predicted molar refractivity (Wildman–Crippen MR) is 78.9 cm³/mol. The molecule has 0 aromatic carbocycles. The molecule has 0 atom stereocenters. The summed E-state index contributed by atoms with van der Waals surface area (Å²) in [7, 11) is 0. The number of ketones is 1. The normalized spacial score (nSPS) is 10.9. The predicted octanol–water partition coefficient (Wildman–Crippen LogP) is 1.43. The van der Waals surface area contributed by atoms with Gasteiger partial charge in [-0.2, -0.15) is 0 Å². The first-order chi connectivity index (χ1) is 9.79. The summed E-state index contributed by atoms with van der Waals surface area (Å²) in [6, 6.07) is 3.49. The van der Waals surface area contributed by atoms with E-state index >= 15 is 0 Å². The number of nitrogens with one attached hydrogen (secondary N) is 2. The lowest BCUT2D eigenvalue weighted by Crippen LogP contribution is -2.31. The summed E-state index contributed by atoms with van der Waals surface area (Å²) < 4.78 is 0. The molecule has 0 saturated carbocycles. The SMILES string of the molecule is Cc1cc(C)nc(C(=O)c2[nH]c(=O)[nH]c(=O)c2C(C)C)c1. The van der Waals surface area contributed by atoms with E-state index in [-0.39, 0.29) is 22.9 Å². The number of H-pyrrole nitrogens is 2. The number of nitrogens with zero attached hydrogens (tertiary/aromatic N) is 1. The van der Waals surface area contributed by atoms with Gasteiger partial charge in [0.1, 0.15) is 11.4 Å². The van der Waals surface area contributed by atoms with E-state index in [1.807, 2.05) is 13.0 Å². The summed E-state index contributed by atoms with van der Waals surface area (Å²) in [5.41, 5.74) is 0.854. The summed E-state index contributed by atoms with van der Waals surface area (Å²) in [4.78, 5) is 44.8. The molecule has 21 heavy (non-hydrogen) atoms. The van der Waals surface area contributed by atoms with Crippen LogP contribution in [0.5, 0.6) is 0 Å². The molecular weight excluding hydrogens is 270 g/mol. The number of aromatic amines is 2. The molecule has 6 heteroatoms. The second-order valence-electron chi connectivity index (χ2n) is 5.35. The number of carbonyl (C=O) groups excluding carboxylic acids is 1. The van der Waals surface area contributed by atoms with Crippen molar-refractivity contribution in [2.45, 2.75) is 33.6 Å². The molecule has 0 unspecified atom stereocenters. The van der Waals surface area contributed by atoms with Gasteiger partial charge in [-0.3, -0.25) is 14.6 Å². The van der Waals surface area contributed by atoms with E-state index in [1.54, 1.807) is 26.8 Å². The highest BCUT2D eigenvalue weighted by Gasteiger charge is 2.21. The fraction of sp³-hybridized carbons (Fsp3) is 0.333. The maximum absolute atomic E-state index is 12.6. The van der Waals surface area contributed by atoms with E-state index in [9.17, 15) is 14.4 Å².